The van der Waals surface area contributed by atoms with Gasteiger partial charge in [0.05, 0.1) is 27.7 Å². The van der Waals surface area contributed by atoms with Gasteiger partial charge in [-0.15, -0.1) is 0 Å². The first-order chi connectivity index (χ1) is 38.5. The van der Waals surface area contributed by atoms with Crippen molar-refractivity contribution in [3.8, 4) is 0 Å². The SMILES string of the molecule is CC/C=C\C/C=C\C/C=C\C/C=C\C/C=C\C/C=C\C/C=C\C/C=C\C/C=C\C/C=C\CCCCC(=O)OC(COC(=O)CCCCCCCCCCCCCCCCCCCCCCCC)COP(=O)([O-])OCC[N+](C)(C)C. The molecular weight excluding hydrogens is 1000 g/mol. The summed E-state index contributed by atoms with van der Waals surface area (Å²) in [5.41, 5.74) is 0. The molecule has 0 aliphatic carbocycles. The molecule has 0 rings (SSSR count). The van der Waals surface area contributed by atoms with Crippen molar-refractivity contribution in [3.63, 3.8) is 0 Å². The van der Waals surface area contributed by atoms with Gasteiger partial charge in [0.15, 0.2) is 6.10 Å². The molecule has 0 heterocycles. The zero-order valence-corrected chi connectivity index (χ0v) is 52.2. The number of allylic oxidation sites excluding steroid dienone is 20. The summed E-state index contributed by atoms with van der Waals surface area (Å²) in [6.07, 6.45) is 84.0. The van der Waals surface area contributed by atoms with Gasteiger partial charge < -0.3 is 27.9 Å². The Morgan fingerprint density at radius 2 is 0.722 bits per heavy atom. The molecule has 9 nitrogen and oxygen atoms in total. The van der Waals surface area contributed by atoms with Crippen LogP contribution in [0.25, 0.3) is 0 Å². The van der Waals surface area contributed by atoms with Gasteiger partial charge in [-0.25, -0.2) is 0 Å². The van der Waals surface area contributed by atoms with Crippen LogP contribution in [-0.4, -0.2) is 70.0 Å². The van der Waals surface area contributed by atoms with E-state index in [0.29, 0.717) is 17.4 Å². The normalized spacial score (nSPS) is 14.1. The number of esters is 2. The predicted molar refractivity (Wildman–Crippen MR) is 337 cm³/mol. The van der Waals surface area contributed by atoms with Crippen molar-refractivity contribution < 1.29 is 42.1 Å². The molecule has 0 spiro atoms. The Kier molecular flexibility index (Phi) is 56.4. The van der Waals surface area contributed by atoms with Crippen LogP contribution in [0.3, 0.4) is 0 Å². The third-order valence-corrected chi connectivity index (χ3v) is 14.2. The minimum atomic E-state index is -4.66. The fourth-order valence-corrected chi connectivity index (χ4v) is 9.12. The van der Waals surface area contributed by atoms with Gasteiger partial charge in [0.1, 0.15) is 19.8 Å². The van der Waals surface area contributed by atoms with Gasteiger partial charge in [-0.05, 0) is 89.9 Å². The molecule has 0 bridgehead atoms. The molecule has 0 aliphatic rings. The topological polar surface area (TPSA) is 111 Å². The number of hydrogen-bond donors (Lipinski definition) is 0. The smallest absolute Gasteiger partial charge is 0.306 e. The summed E-state index contributed by atoms with van der Waals surface area (Å²) in [6, 6.07) is 0. The van der Waals surface area contributed by atoms with E-state index in [0.717, 1.165) is 96.3 Å². The Balaban J connectivity index is 4.25. The Bertz CT molecular complexity index is 1750. The maximum Gasteiger partial charge on any atom is 0.306 e. The number of hydrogen-bond acceptors (Lipinski definition) is 8. The maximum absolute atomic E-state index is 12.8. The number of phosphoric acid groups is 1. The summed E-state index contributed by atoms with van der Waals surface area (Å²) in [4.78, 5) is 37.9. The molecule has 0 aromatic heterocycles. The Hall–Kier alpha value is -3.59. The Morgan fingerprint density at radius 3 is 1.08 bits per heavy atom. The van der Waals surface area contributed by atoms with Crippen molar-refractivity contribution in [2.24, 2.45) is 0 Å². The first-order valence-corrected chi connectivity index (χ1v) is 33.2. The van der Waals surface area contributed by atoms with E-state index in [1.807, 2.05) is 21.1 Å². The average Bonchev–Trinajstić information content (AvgIpc) is 3.41. The molecule has 452 valence electrons. The Morgan fingerprint density at radius 1 is 0.405 bits per heavy atom. The third-order valence-electron chi connectivity index (χ3n) is 13.2. The number of nitrogens with zero attached hydrogens (tertiary/aromatic N) is 1. The van der Waals surface area contributed by atoms with Crippen LogP contribution in [-0.2, 0) is 32.7 Å². The molecule has 0 aromatic rings. The lowest BCUT2D eigenvalue weighted by Gasteiger charge is -2.28. The summed E-state index contributed by atoms with van der Waals surface area (Å²) in [7, 11) is 1.13. The second kappa shape index (κ2) is 59.0. The lowest BCUT2D eigenvalue weighted by Crippen LogP contribution is -2.37. The van der Waals surface area contributed by atoms with Crippen LogP contribution in [0.4, 0.5) is 0 Å². The minimum absolute atomic E-state index is 0.0446. The lowest BCUT2D eigenvalue weighted by atomic mass is 10.0. The van der Waals surface area contributed by atoms with E-state index < -0.39 is 32.5 Å². The van der Waals surface area contributed by atoms with Crippen LogP contribution in [0.15, 0.2) is 122 Å². The molecule has 2 atom stereocenters. The molecule has 0 radical (unpaired) electrons. The fourth-order valence-electron chi connectivity index (χ4n) is 8.39. The van der Waals surface area contributed by atoms with E-state index in [1.54, 1.807) is 0 Å². The second-order valence-electron chi connectivity index (χ2n) is 22.0. The average molecular weight is 1120 g/mol. The first kappa shape index (κ1) is 75.4. The van der Waals surface area contributed by atoms with Gasteiger partial charge in [-0.2, -0.15) is 0 Å². The molecule has 0 N–H and O–H groups in total. The first-order valence-electron chi connectivity index (χ1n) is 31.7. The Labute approximate surface area is 486 Å². The summed E-state index contributed by atoms with van der Waals surface area (Å²) in [6.45, 7) is 4.09. The summed E-state index contributed by atoms with van der Waals surface area (Å²) >= 11 is 0. The number of likely N-dealkylation sites (N-methyl/N-ethyl adjacent to an activating group) is 1. The fraction of sp³-hybridized carbons (Fsp3) is 0.681. The van der Waals surface area contributed by atoms with Gasteiger partial charge in [-0.3, -0.25) is 14.2 Å². The lowest BCUT2D eigenvalue weighted by molar-refractivity contribution is -0.870. The van der Waals surface area contributed by atoms with E-state index in [1.165, 1.54) is 122 Å². The molecule has 10 heteroatoms. The van der Waals surface area contributed by atoms with E-state index >= 15 is 0 Å². The van der Waals surface area contributed by atoms with Gasteiger partial charge >= 0.3 is 11.9 Å². The van der Waals surface area contributed by atoms with Crippen molar-refractivity contribution in [2.75, 3.05) is 47.5 Å². The van der Waals surface area contributed by atoms with Crippen LogP contribution in [0.2, 0.25) is 0 Å². The zero-order valence-electron chi connectivity index (χ0n) is 51.3. The molecule has 0 saturated heterocycles. The number of carbonyl (C=O) groups excluding carboxylic acids is 2. The summed E-state index contributed by atoms with van der Waals surface area (Å²) in [5, 5.41) is 0. The molecule has 79 heavy (non-hydrogen) atoms. The quantitative estimate of drug-likeness (QED) is 0.0195. The van der Waals surface area contributed by atoms with E-state index in [4.69, 9.17) is 18.5 Å². The summed E-state index contributed by atoms with van der Waals surface area (Å²) in [5.74, 6) is -0.885. The molecular formula is C69H118NO8P. The van der Waals surface area contributed by atoms with Gasteiger partial charge in [0.25, 0.3) is 7.82 Å². The molecule has 0 saturated carbocycles. The molecule has 0 aromatic carbocycles. The minimum Gasteiger partial charge on any atom is -0.756 e. The highest BCUT2D eigenvalue weighted by molar-refractivity contribution is 7.45. The van der Waals surface area contributed by atoms with Gasteiger partial charge in [0, 0.05) is 12.8 Å². The highest BCUT2D eigenvalue weighted by Crippen LogP contribution is 2.38. The van der Waals surface area contributed by atoms with Crippen molar-refractivity contribution in [2.45, 2.75) is 258 Å². The van der Waals surface area contributed by atoms with Crippen LogP contribution < -0.4 is 4.89 Å². The van der Waals surface area contributed by atoms with Gasteiger partial charge in [-0.1, -0.05) is 270 Å². The van der Waals surface area contributed by atoms with Crippen molar-refractivity contribution in [1.29, 1.82) is 0 Å². The second-order valence-corrected chi connectivity index (χ2v) is 23.5. The monoisotopic (exact) mass is 1120 g/mol. The summed E-state index contributed by atoms with van der Waals surface area (Å²) < 4.78 is 34.2. The highest BCUT2D eigenvalue weighted by atomic mass is 31.2. The van der Waals surface area contributed by atoms with Crippen LogP contribution in [0, 0.1) is 0 Å². The number of ether oxygens (including phenoxy) is 2. The third kappa shape index (κ3) is 63.5. The van der Waals surface area contributed by atoms with Crippen molar-refractivity contribution >= 4 is 19.8 Å². The van der Waals surface area contributed by atoms with Crippen LogP contribution >= 0.6 is 7.82 Å². The standard InChI is InChI=1S/C69H118NO8P/c1-6-8-10-12-14-16-18-20-22-24-26-28-30-31-32-33-34-35-36-37-38-39-40-42-44-46-48-50-52-54-56-58-60-62-69(72)78-67(66-77-79(73,74)76-64-63-70(3,4)5)65-75-68(71)61-59-57-55-53-51-49-47-45-43-41-29-27-25-23-21-19-17-15-13-11-9-7-2/h8,10,14,16,20,22,26,28,31-32,34-35,37-38,40,42,46,48,52,54,67H,6-7,9,11-13,15,17-19,21,23-25,27,29-30,33,36,39,41,43-45,47,49-51,53,55-66H2,1-5H3/b10-8-,16-14-,22-20-,28-26-,32-31-,35-34-,38-37-,42-40-,48-46-,54-52-. The largest absolute Gasteiger partial charge is 0.756 e. The zero-order chi connectivity index (χ0) is 57.7. The molecule has 2 unspecified atom stereocenters. The number of carbonyl (C=O) groups is 2. The van der Waals surface area contributed by atoms with Crippen LogP contribution in [0.1, 0.15) is 251 Å². The highest BCUT2D eigenvalue weighted by Gasteiger charge is 2.22. The number of quaternary nitrogens is 1. The number of rotatable bonds is 57. The number of phosphoric ester groups is 1. The maximum atomic E-state index is 12.8. The molecule has 0 fully saturated rings. The van der Waals surface area contributed by atoms with Crippen molar-refractivity contribution in [1.82, 2.24) is 0 Å². The molecule has 0 amide bonds. The van der Waals surface area contributed by atoms with Gasteiger partial charge in [0.2, 0.25) is 0 Å². The van der Waals surface area contributed by atoms with E-state index in [9.17, 15) is 19.0 Å². The van der Waals surface area contributed by atoms with Crippen LogP contribution in [0.5, 0.6) is 0 Å². The predicted octanol–water partition coefficient (Wildman–Crippen LogP) is 19.7. The van der Waals surface area contributed by atoms with E-state index in [2.05, 4.69) is 135 Å². The molecule has 0 aliphatic heterocycles. The number of unbranched alkanes of at least 4 members (excludes halogenated alkanes) is 23. The van der Waals surface area contributed by atoms with E-state index in [-0.39, 0.29) is 26.1 Å². The van der Waals surface area contributed by atoms with Crippen molar-refractivity contribution in [3.05, 3.63) is 122 Å².